The minimum absolute atomic E-state index is 0.0142. The standard InChI is InChI=1S/C11H16O3S/c1-4-8(2)9-5-6-10(12)11(7-9)15(3,13)14/h5-8,12H,4H2,1-3H3. The third-order valence-electron chi connectivity index (χ3n) is 2.56. The largest absolute Gasteiger partial charge is 0.507 e. The summed E-state index contributed by atoms with van der Waals surface area (Å²) in [5.74, 6) is 0.121. The number of aromatic hydroxyl groups is 1. The molecular weight excluding hydrogens is 212 g/mol. The summed E-state index contributed by atoms with van der Waals surface area (Å²) in [6.07, 6.45) is 2.04. The van der Waals surface area contributed by atoms with E-state index in [1.165, 1.54) is 6.07 Å². The van der Waals surface area contributed by atoms with Crippen molar-refractivity contribution in [2.75, 3.05) is 6.26 Å². The third-order valence-corrected chi connectivity index (χ3v) is 3.69. The second-order valence-corrected chi connectivity index (χ2v) is 5.79. The van der Waals surface area contributed by atoms with Gasteiger partial charge in [-0.1, -0.05) is 19.9 Å². The summed E-state index contributed by atoms with van der Waals surface area (Å²) >= 11 is 0. The van der Waals surface area contributed by atoms with Crippen molar-refractivity contribution in [1.82, 2.24) is 0 Å². The Balaban J connectivity index is 3.29. The van der Waals surface area contributed by atoms with Crippen molar-refractivity contribution in [3.63, 3.8) is 0 Å². The Morgan fingerprint density at radius 1 is 1.40 bits per heavy atom. The lowest BCUT2D eigenvalue weighted by molar-refractivity contribution is 0.458. The van der Waals surface area contributed by atoms with E-state index in [4.69, 9.17) is 0 Å². The Morgan fingerprint density at radius 2 is 2.00 bits per heavy atom. The van der Waals surface area contributed by atoms with E-state index in [0.29, 0.717) is 5.92 Å². The van der Waals surface area contributed by atoms with Crippen molar-refractivity contribution < 1.29 is 13.5 Å². The van der Waals surface area contributed by atoms with E-state index in [1.54, 1.807) is 12.1 Å². The molecule has 0 aromatic heterocycles. The minimum atomic E-state index is -3.35. The fourth-order valence-electron chi connectivity index (χ4n) is 1.37. The summed E-state index contributed by atoms with van der Waals surface area (Å²) in [7, 11) is -3.35. The van der Waals surface area contributed by atoms with Gasteiger partial charge in [-0.3, -0.25) is 0 Å². The summed E-state index contributed by atoms with van der Waals surface area (Å²) in [6.45, 7) is 4.07. The molecule has 4 heteroatoms. The van der Waals surface area contributed by atoms with Gasteiger partial charge in [0.25, 0.3) is 0 Å². The zero-order valence-corrected chi connectivity index (χ0v) is 10.0. The lowest BCUT2D eigenvalue weighted by Gasteiger charge is -2.11. The predicted octanol–water partition coefficient (Wildman–Crippen LogP) is 2.31. The molecular formula is C11H16O3S. The number of hydrogen-bond donors (Lipinski definition) is 1. The second-order valence-electron chi connectivity index (χ2n) is 3.81. The molecule has 1 aromatic carbocycles. The summed E-state index contributed by atoms with van der Waals surface area (Å²) in [4.78, 5) is 0.0142. The molecule has 0 aliphatic rings. The Morgan fingerprint density at radius 3 is 2.47 bits per heavy atom. The molecule has 0 aliphatic heterocycles. The number of rotatable bonds is 3. The fourth-order valence-corrected chi connectivity index (χ4v) is 2.17. The van der Waals surface area contributed by atoms with Crippen LogP contribution in [0.5, 0.6) is 5.75 Å². The van der Waals surface area contributed by atoms with Crippen LogP contribution in [0.3, 0.4) is 0 Å². The molecule has 0 saturated heterocycles. The van der Waals surface area contributed by atoms with Gasteiger partial charge in [0.15, 0.2) is 9.84 Å². The summed E-state index contributed by atoms with van der Waals surface area (Å²) in [5.41, 5.74) is 0.940. The maximum Gasteiger partial charge on any atom is 0.179 e. The first kappa shape index (κ1) is 12.0. The van der Waals surface area contributed by atoms with Gasteiger partial charge in [-0.25, -0.2) is 8.42 Å². The van der Waals surface area contributed by atoms with E-state index < -0.39 is 9.84 Å². The first-order chi connectivity index (χ1) is 6.86. The molecule has 0 fully saturated rings. The monoisotopic (exact) mass is 228 g/mol. The molecule has 1 atom stereocenters. The van der Waals surface area contributed by atoms with Gasteiger partial charge in [-0.05, 0) is 30.0 Å². The topological polar surface area (TPSA) is 54.4 Å². The molecule has 1 N–H and O–H groups in total. The number of hydrogen-bond acceptors (Lipinski definition) is 3. The zero-order valence-electron chi connectivity index (χ0n) is 9.19. The maximum atomic E-state index is 11.4. The number of benzene rings is 1. The van der Waals surface area contributed by atoms with Gasteiger partial charge in [0.2, 0.25) is 0 Å². The first-order valence-corrected chi connectivity index (χ1v) is 6.78. The normalized spacial score (nSPS) is 13.8. The van der Waals surface area contributed by atoms with E-state index in [2.05, 4.69) is 0 Å². The number of phenols is 1. The SMILES string of the molecule is CCC(C)c1ccc(O)c(S(C)(=O)=O)c1. The lowest BCUT2D eigenvalue weighted by Crippen LogP contribution is -2.00. The van der Waals surface area contributed by atoms with Crippen molar-refractivity contribution in [2.24, 2.45) is 0 Å². The van der Waals surface area contributed by atoms with Gasteiger partial charge in [0.1, 0.15) is 10.6 Å². The van der Waals surface area contributed by atoms with Crippen LogP contribution in [0.25, 0.3) is 0 Å². The van der Waals surface area contributed by atoms with Crippen molar-refractivity contribution >= 4 is 9.84 Å². The highest BCUT2D eigenvalue weighted by atomic mass is 32.2. The van der Waals surface area contributed by atoms with Crippen LogP contribution in [0.4, 0.5) is 0 Å². The van der Waals surface area contributed by atoms with Crippen molar-refractivity contribution in [3.8, 4) is 5.75 Å². The molecule has 15 heavy (non-hydrogen) atoms. The Kier molecular flexibility index (Phi) is 3.39. The summed E-state index contributed by atoms with van der Waals surface area (Å²) in [6, 6.07) is 4.76. The first-order valence-electron chi connectivity index (χ1n) is 4.89. The molecule has 0 spiro atoms. The molecule has 1 rings (SSSR count). The minimum Gasteiger partial charge on any atom is -0.507 e. The maximum absolute atomic E-state index is 11.4. The quantitative estimate of drug-likeness (QED) is 0.863. The van der Waals surface area contributed by atoms with Crippen molar-refractivity contribution in [3.05, 3.63) is 23.8 Å². The molecule has 0 heterocycles. The van der Waals surface area contributed by atoms with E-state index in [0.717, 1.165) is 18.2 Å². The predicted molar refractivity (Wildman–Crippen MR) is 59.9 cm³/mol. The van der Waals surface area contributed by atoms with Crippen LogP contribution < -0.4 is 0 Å². The molecule has 1 unspecified atom stereocenters. The van der Waals surface area contributed by atoms with Crippen LogP contribution in [-0.2, 0) is 9.84 Å². The molecule has 84 valence electrons. The summed E-state index contributed by atoms with van der Waals surface area (Å²) < 4.78 is 22.7. The Bertz CT molecular complexity index is 449. The van der Waals surface area contributed by atoms with Crippen LogP contribution in [0.1, 0.15) is 31.7 Å². The van der Waals surface area contributed by atoms with Gasteiger partial charge in [0.05, 0.1) is 0 Å². The lowest BCUT2D eigenvalue weighted by atomic mass is 9.99. The fraction of sp³-hybridized carbons (Fsp3) is 0.455. The average molecular weight is 228 g/mol. The highest BCUT2D eigenvalue weighted by Gasteiger charge is 2.15. The van der Waals surface area contributed by atoms with Crippen LogP contribution in [0.2, 0.25) is 0 Å². The average Bonchev–Trinajstić information content (AvgIpc) is 2.15. The second kappa shape index (κ2) is 4.23. The zero-order chi connectivity index (χ0) is 11.6. The number of sulfone groups is 1. The molecule has 3 nitrogen and oxygen atoms in total. The van der Waals surface area contributed by atoms with E-state index >= 15 is 0 Å². The molecule has 0 saturated carbocycles. The molecule has 0 amide bonds. The van der Waals surface area contributed by atoms with Crippen molar-refractivity contribution in [2.45, 2.75) is 31.1 Å². The van der Waals surface area contributed by atoms with Crippen LogP contribution in [0, 0.1) is 0 Å². The molecule has 0 radical (unpaired) electrons. The van der Waals surface area contributed by atoms with Crippen LogP contribution in [-0.4, -0.2) is 19.8 Å². The van der Waals surface area contributed by atoms with Gasteiger partial charge in [-0.15, -0.1) is 0 Å². The van der Waals surface area contributed by atoms with E-state index in [-0.39, 0.29) is 10.6 Å². The smallest absolute Gasteiger partial charge is 0.179 e. The van der Waals surface area contributed by atoms with E-state index in [1.807, 2.05) is 13.8 Å². The number of phenolic OH excluding ortho intramolecular Hbond substituents is 1. The molecule has 0 bridgehead atoms. The molecule has 1 aromatic rings. The highest BCUT2D eigenvalue weighted by molar-refractivity contribution is 7.90. The van der Waals surface area contributed by atoms with Crippen LogP contribution in [0.15, 0.2) is 23.1 Å². The Hall–Kier alpha value is -1.03. The van der Waals surface area contributed by atoms with E-state index in [9.17, 15) is 13.5 Å². The van der Waals surface area contributed by atoms with Crippen LogP contribution >= 0.6 is 0 Å². The van der Waals surface area contributed by atoms with Gasteiger partial charge in [-0.2, -0.15) is 0 Å². The van der Waals surface area contributed by atoms with Gasteiger partial charge in [0, 0.05) is 6.26 Å². The Labute approximate surface area is 90.7 Å². The van der Waals surface area contributed by atoms with Gasteiger partial charge < -0.3 is 5.11 Å². The summed E-state index contributed by atoms with van der Waals surface area (Å²) in [5, 5.41) is 9.45. The van der Waals surface area contributed by atoms with Crippen molar-refractivity contribution in [1.29, 1.82) is 0 Å². The third kappa shape index (κ3) is 2.72. The molecule has 0 aliphatic carbocycles. The highest BCUT2D eigenvalue weighted by Crippen LogP contribution is 2.28. The van der Waals surface area contributed by atoms with Gasteiger partial charge >= 0.3 is 0 Å².